The first-order valence-corrected chi connectivity index (χ1v) is 21.0. The number of nitrogens with one attached hydrogen (secondary N) is 1. The second-order valence-electron chi connectivity index (χ2n) is 14.8. The van der Waals surface area contributed by atoms with Crippen LogP contribution in [-0.4, -0.2) is 107 Å². The molecule has 4 N–H and O–H groups in total. The number of pyridine rings is 1. The Balaban J connectivity index is 1.31. The van der Waals surface area contributed by atoms with E-state index in [1.54, 1.807) is 34.8 Å². The predicted octanol–water partition coefficient (Wildman–Crippen LogP) is 3.91. The Morgan fingerprint density at radius 2 is 1.79 bits per heavy atom. The van der Waals surface area contributed by atoms with E-state index in [0.717, 1.165) is 57.1 Å². The third-order valence-corrected chi connectivity index (χ3v) is 12.5. The fourth-order valence-electron chi connectivity index (χ4n) is 7.45. The number of thioether (sulfide) groups is 1. The molecule has 3 atom stereocenters. The van der Waals surface area contributed by atoms with Gasteiger partial charge < -0.3 is 26.0 Å². The van der Waals surface area contributed by atoms with E-state index in [0.29, 0.717) is 59.5 Å². The van der Waals surface area contributed by atoms with Crippen LogP contribution in [0.5, 0.6) is 0 Å². The van der Waals surface area contributed by atoms with Gasteiger partial charge in [0.2, 0.25) is 22.9 Å². The Hall–Kier alpha value is -3.63. The number of nitrogens with zero attached hydrogens (tertiary/aromatic N) is 8. The largest absolute Gasteiger partial charge is 0.390 e. The van der Waals surface area contributed by atoms with Crippen molar-refractivity contribution in [2.45, 2.75) is 107 Å². The Labute approximate surface area is 321 Å². The summed E-state index contributed by atoms with van der Waals surface area (Å²) >= 11 is 2.63. The first-order chi connectivity index (χ1) is 25.6. The molecule has 290 valence electrons. The summed E-state index contributed by atoms with van der Waals surface area (Å²) in [4.78, 5) is 54.3. The maximum absolute atomic E-state index is 14.3. The maximum Gasteiger partial charge on any atom is 0.241 e. The number of carbonyl (C=O) groups is 3. The highest BCUT2D eigenvalue weighted by Gasteiger charge is 2.33. The van der Waals surface area contributed by atoms with E-state index < -0.39 is 18.1 Å². The van der Waals surface area contributed by atoms with Crippen molar-refractivity contribution in [1.29, 1.82) is 0 Å². The zero-order chi connectivity index (χ0) is 37.6. The van der Waals surface area contributed by atoms with Gasteiger partial charge >= 0.3 is 0 Å². The van der Waals surface area contributed by atoms with Crippen molar-refractivity contribution in [3.8, 4) is 0 Å². The lowest BCUT2D eigenvalue weighted by Gasteiger charge is -2.33. The minimum atomic E-state index is -0.865. The third kappa shape index (κ3) is 13.0. The number of tetrazole rings is 1. The summed E-state index contributed by atoms with van der Waals surface area (Å²) in [6, 6.07) is 5.20. The van der Waals surface area contributed by atoms with Crippen LogP contribution in [-0.2, 0) is 34.3 Å². The molecule has 0 aromatic carbocycles. The van der Waals surface area contributed by atoms with Gasteiger partial charge in [-0.2, -0.15) is 0 Å². The first-order valence-electron chi connectivity index (χ1n) is 19.1. The van der Waals surface area contributed by atoms with Crippen LogP contribution >= 0.6 is 23.1 Å². The van der Waals surface area contributed by atoms with Crippen LogP contribution < -0.4 is 11.1 Å². The molecule has 3 aromatic heterocycles. The van der Waals surface area contributed by atoms with Crippen LogP contribution in [0.15, 0.2) is 34.9 Å². The summed E-state index contributed by atoms with van der Waals surface area (Å²) < 4.78 is 1.55. The monoisotopic (exact) mass is 768 g/mol. The second-order valence-corrected chi connectivity index (χ2v) is 16.6. The van der Waals surface area contributed by atoms with Crippen molar-refractivity contribution in [3.05, 3.63) is 41.2 Å². The highest BCUT2D eigenvalue weighted by molar-refractivity contribution is 7.99. The molecule has 14 nitrogen and oxygen atoms in total. The van der Waals surface area contributed by atoms with Gasteiger partial charge in [-0.15, -0.1) is 16.4 Å². The molecule has 5 rings (SSSR count). The van der Waals surface area contributed by atoms with Crippen LogP contribution in [0.1, 0.15) is 88.4 Å². The molecule has 16 heteroatoms. The van der Waals surface area contributed by atoms with Gasteiger partial charge in [0.25, 0.3) is 0 Å². The van der Waals surface area contributed by atoms with Crippen molar-refractivity contribution in [1.82, 2.24) is 45.3 Å². The van der Waals surface area contributed by atoms with Crippen LogP contribution in [0.25, 0.3) is 0 Å². The number of amides is 3. The zero-order valence-electron chi connectivity index (χ0n) is 31.1. The number of hydrogen-bond donors (Lipinski definition) is 3. The number of hydrogen-bond acceptors (Lipinski definition) is 12. The SMILES string of the molecule is CN(CCc1ccccn1)C(=O)CN(CC1CCCCC1)C(=O)C[C@@H](Cc1csc(N)n1)C(=O)N[C@@H](CC1CCCCC1)[C@@H](O)CSc1nnnn1C. The van der Waals surface area contributed by atoms with Gasteiger partial charge in [0.05, 0.1) is 30.3 Å². The molecule has 3 heterocycles. The summed E-state index contributed by atoms with van der Waals surface area (Å²) in [6.45, 7) is 0.907. The first kappa shape index (κ1) is 40.6. The van der Waals surface area contributed by atoms with Gasteiger partial charge in [-0.05, 0) is 53.7 Å². The molecule has 0 unspecified atom stereocenters. The van der Waals surface area contributed by atoms with E-state index in [4.69, 9.17) is 5.73 Å². The molecule has 3 amide bonds. The molecule has 0 aliphatic heterocycles. The lowest BCUT2D eigenvalue weighted by atomic mass is 9.83. The van der Waals surface area contributed by atoms with Gasteiger partial charge in [-0.1, -0.05) is 69.2 Å². The van der Waals surface area contributed by atoms with Crippen molar-refractivity contribution in [2.75, 3.05) is 38.2 Å². The van der Waals surface area contributed by atoms with Crippen molar-refractivity contribution < 1.29 is 19.5 Å². The van der Waals surface area contributed by atoms with E-state index in [9.17, 15) is 19.5 Å². The number of carbonyl (C=O) groups excluding carboxylic acids is 3. The standard InChI is InChI=1S/C37H56N10O4S2/c1-45(18-16-29-15-9-10-17-39-29)34(50)23-47(22-27-13-7-4-8-14-27)33(49)21-28(20-30-24-52-36(38)40-30)35(51)41-31(19-26-11-5-3-6-12-26)32(48)25-53-37-42-43-44-46(37)2/h9-10,15,17,24,26-28,31-32,48H,3-8,11-14,16,18-23,25H2,1-2H3,(H2,38,40)(H,41,51)/t28-,31+,32+/m1/s1. The van der Waals surface area contributed by atoms with Crippen molar-refractivity contribution >= 4 is 46.0 Å². The molecule has 2 saturated carbocycles. The number of likely N-dealkylation sites (N-methyl/N-ethyl adjacent to an activating group) is 1. The molecule has 0 saturated heterocycles. The third-order valence-electron chi connectivity index (χ3n) is 10.6. The topological polar surface area (TPSA) is 185 Å². The van der Waals surface area contributed by atoms with Gasteiger partial charge in [-0.3, -0.25) is 19.4 Å². The number of anilines is 1. The molecular formula is C37H56N10O4S2. The average Bonchev–Trinajstić information content (AvgIpc) is 3.79. The van der Waals surface area contributed by atoms with Crippen LogP contribution in [0, 0.1) is 17.8 Å². The molecule has 53 heavy (non-hydrogen) atoms. The highest BCUT2D eigenvalue weighted by atomic mass is 32.2. The zero-order valence-corrected chi connectivity index (χ0v) is 32.8. The smallest absolute Gasteiger partial charge is 0.241 e. The number of nitrogens with two attached hydrogens (primary N) is 1. The lowest BCUT2D eigenvalue weighted by Crippen LogP contribution is -2.49. The average molecular weight is 769 g/mol. The summed E-state index contributed by atoms with van der Waals surface area (Å²) in [5.74, 6) is -0.483. The lowest BCUT2D eigenvalue weighted by molar-refractivity contribution is -0.142. The van der Waals surface area contributed by atoms with E-state index in [2.05, 4.69) is 30.8 Å². The molecule has 2 aliphatic rings. The van der Waals surface area contributed by atoms with Gasteiger partial charge in [-0.25, -0.2) is 9.67 Å². The predicted molar refractivity (Wildman–Crippen MR) is 206 cm³/mol. The summed E-state index contributed by atoms with van der Waals surface area (Å²) in [5.41, 5.74) is 7.51. The van der Waals surface area contributed by atoms with Gasteiger partial charge in [0.15, 0.2) is 5.13 Å². The quantitative estimate of drug-likeness (QED) is 0.150. The number of rotatable bonds is 19. The molecule has 0 spiro atoms. The number of aliphatic hydroxyl groups excluding tert-OH is 1. The van der Waals surface area contributed by atoms with E-state index in [-0.39, 0.29) is 37.1 Å². The maximum atomic E-state index is 14.3. The van der Waals surface area contributed by atoms with Gasteiger partial charge in [0, 0.05) is 69.5 Å². The van der Waals surface area contributed by atoms with Gasteiger partial charge in [0.1, 0.15) is 0 Å². The number of aromatic nitrogens is 6. The van der Waals surface area contributed by atoms with Crippen molar-refractivity contribution in [3.63, 3.8) is 0 Å². The fraction of sp³-hybridized carbons (Fsp3) is 0.676. The van der Waals surface area contributed by atoms with E-state index >= 15 is 0 Å². The second kappa shape index (κ2) is 20.7. The molecule has 0 radical (unpaired) electrons. The Morgan fingerprint density at radius 1 is 1.06 bits per heavy atom. The van der Waals surface area contributed by atoms with Crippen LogP contribution in [0.4, 0.5) is 5.13 Å². The van der Waals surface area contributed by atoms with E-state index in [1.807, 2.05) is 23.6 Å². The van der Waals surface area contributed by atoms with Crippen molar-refractivity contribution in [2.24, 2.45) is 24.8 Å². The number of thiazole rings is 1. The van der Waals surface area contributed by atoms with Crippen LogP contribution in [0.2, 0.25) is 0 Å². The molecule has 2 aliphatic carbocycles. The summed E-state index contributed by atoms with van der Waals surface area (Å²) in [6.07, 6.45) is 13.3. The minimum absolute atomic E-state index is 0.0524. The highest BCUT2D eigenvalue weighted by Crippen LogP contribution is 2.30. The molecule has 0 bridgehead atoms. The summed E-state index contributed by atoms with van der Waals surface area (Å²) in [5, 5.41) is 29.1. The van der Waals surface area contributed by atoms with Crippen LogP contribution in [0.3, 0.4) is 0 Å². The Bertz CT molecular complexity index is 1580. The summed E-state index contributed by atoms with van der Waals surface area (Å²) in [7, 11) is 3.50. The minimum Gasteiger partial charge on any atom is -0.390 e. The Kier molecular flexibility index (Phi) is 15.9. The molecular weight excluding hydrogens is 713 g/mol. The fourth-order valence-corrected chi connectivity index (χ4v) is 8.90. The molecule has 2 fully saturated rings. The van der Waals surface area contributed by atoms with E-state index in [1.165, 1.54) is 35.9 Å². The molecule has 3 aromatic rings. The normalized spacial score (nSPS) is 17.2. The number of nitrogen functional groups attached to an aromatic ring is 1. The Morgan fingerprint density at radius 3 is 2.43 bits per heavy atom. The number of aryl methyl sites for hydroxylation is 1. The number of aliphatic hydroxyl groups is 1.